The fourth-order valence-corrected chi connectivity index (χ4v) is 3.16. The monoisotopic (exact) mass is 347 g/mol. The van der Waals surface area contributed by atoms with Crippen molar-refractivity contribution in [2.24, 2.45) is 0 Å². The molecule has 6 heteroatoms. The van der Waals surface area contributed by atoms with Crippen molar-refractivity contribution >= 4 is 17.4 Å². The highest BCUT2D eigenvalue weighted by atomic mass is 32.1. The van der Waals surface area contributed by atoms with Gasteiger partial charge < -0.3 is 20.3 Å². The highest BCUT2D eigenvalue weighted by Gasteiger charge is 2.15. The Morgan fingerprint density at radius 2 is 1.96 bits per heavy atom. The van der Waals surface area contributed by atoms with Crippen LogP contribution < -0.4 is 15.4 Å². The Hall–Kier alpha value is -2.05. The second kappa shape index (κ2) is 9.30. The van der Waals surface area contributed by atoms with Crippen molar-refractivity contribution < 1.29 is 9.53 Å². The minimum atomic E-state index is -0.175. The first-order valence-electron chi connectivity index (χ1n) is 7.97. The average molecular weight is 347 g/mol. The lowest BCUT2D eigenvalue weighted by molar-refractivity contribution is 0.229. The minimum Gasteiger partial charge on any atom is -0.492 e. The Labute approximate surface area is 147 Å². The number of carbonyl (C=O) groups excluding carboxylic acids is 1. The number of nitrogens with zero attached hydrogens (tertiary/aromatic N) is 1. The summed E-state index contributed by atoms with van der Waals surface area (Å²) in [7, 11) is 4.03. The third-order valence-electron chi connectivity index (χ3n) is 3.63. The first-order chi connectivity index (χ1) is 11.6. The molecule has 2 N–H and O–H groups in total. The molecule has 0 saturated carbocycles. The quantitative estimate of drug-likeness (QED) is 0.722. The second-order valence-electron chi connectivity index (χ2n) is 5.79. The van der Waals surface area contributed by atoms with Gasteiger partial charge in [0, 0.05) is 11.4 Å². The van der Waals surface area contributed by atoms with Crippen LogP contribution in [0, 0.1) is 6.92 Å². The van der Waals surface area contributed by atoms with E-state index in [-0.39, 0.29) is 12.1 Å². The molecule has 0 aliphatic rings. The van der Waals surface area contributed by atoms with Crippen molar-refractivity contribution in [3.8, 4) is 5.75 Å². The molecule has 1 aromatic carbocycles. The van der Waals surface area contributed by atoms with Gasteiger partial charge in [-0.1, -0.05) is 23.8 Å². The van der Waals surface area contributed by atoms with Gasteiger partial charge in [0.15, 0.2) is 0 Å². The van der Waals surface area contributed by atoms with Gasteiger partial charge in [-0.3, -0.25) is 0 Å². The van der Waals surface area contributed by atoms with Crippen LogP contribution in [-0.4, -0.2) is 44.7 Å². The van der Waals surface area contributed by atoms with E-state index in [4.69, 9.17) is 4.74 Å². The van der Waals surface area contributed by atoms with Crippen molar-refractivity contribution in [2.75, 3.05) is 33.8 Å². The number of rotatable bonds is 8. The maximum Gasteiger partial charge on any atom is 0.314 e. The molecule has 2 amide bonds. The maximum atomic E-state index is 11.9. The van der Waals surface area contributed by atoms with Crippen LogP contribution in [0.25, 0.3) is 0 Å². The summed E-state index contributed by atoms with van der Waals surface area (Å²) in [6, 6.07) is 12.0. The summed E-state index contributed by atoms with van der Waals surface area (Å²) in [6.07, 6.45) is 0. The van der Waals surface area contributed by atoms with Gasteiger partial charge in [-0.2, -0.15) is 0 Å². The minimum absolute atomic E-state index is 0.175. The van der Waals surface area contributed by atoms with E-state index in [2.05, 4.69) is 21.6 Å². The molecule has 2 aromatic rings. The molecule has 0 aliphatic carbocycles. The Kier molecular flexibility index (Phi) is 7.08. The molecule has 1 heterocycles. The summed E-state index contributed by atoms with van der Waals surface area (Å²) >= 11 is 1.70. The number of carbonyl (C=O) groups is 1. The first kappa shape index (κ1) is 18.3. The van der Waals surface area contributed by atoms with Gasteiger partial charge in [-0.05, 0) is 44.6 Å². The van der Waals surface area contributed by atoms with Crippen molar-refractivity contribution in [3.05, 3.63) is 52.2 Å². The van der Waals surface area contributed by atoms with Crippen molar-refractivity contribution in [2.45, 2.75) is 13.0 Å². The van der Waals surface area contributed by atoms with E-state index in [1.54, 1.807) is 11.3 Å². The molecule has 24 heavy (non-hydrogen) atoms. The number of ether oxygens (including phenoxy) is 1. The first-order valence-corrected chi connectivity index (χ1v) is 8.85. The summed E-state index contributed by atoms with van der Waals surface area (Å²) in [5.74, 6) is 0.813. The Morgan fingerprint density at radius 3 is 2.58 bits per heavy atom. The number of amides is 2. The molecule has 0 spiro atoms. The Bertz CT molecular complexity index is 612. The Balaban J connectivity index is 1.66. The highest BCUT2D eigenvalue weighted by molar-refractivity contribution is 7.10. The fraction of sp³-hybridized carbons (Fsp3) is 0.389. The van der Waals surface area contributed by atoms with Crippen molar-refractivity contribution in [1.82, 2.24) is 15.5 Å². The van der Waals surface area contributed by atoms with Crippen molar-refractivity contribution in [1.29, 1.82) is 0 Å². The van der Waals surface area contributed by atoms with E-state index in [1.807, 2.05) is 56.7 Å². The van der Waals surface area contributed by atoms with Gasteiger partial charge >= 0.3 is 6.03 Å². The summed E-state index contributed by atoms with van der Waals surface area (Å²) in [6.45, 7) is 3.51. The third kappa shape index (κ3) is 5.86. The zero-order valence-electron chi connectivity index (χ0n) is 14.4. The number of benzene rings is 1. The Morgan fingerprint density at radius 1 is 1.21 bits per heavy atom. The van der Waals surface area contributed by atoms with Crippen LogP contribution in [-0.2, 0) is 0 Å². The van der Waals surface area contributed by atoms with Crippen LogP contribution in [0.3, 0.4) is 0 Å². The molecule has 0 bridgehead atoms. The highest BCUT2D eigenvalue weighted by Crippen LogP contribution is 2.22. The topological polar surface area (TPSA) is 53.6 Å². The molecule has 0 radical (unpaired) electrons. The molecule has 0 fully saturated rings. The largest absolute Gasteiger partial charge is 0.492 e. The van der Waals surface area contributed by atoms with Gasteiger partial charge in [0.05, 0.1) is 12.6 Å². The summed E-state index contributed by atoms with van der Waals surface area (Å²) < 4.78 is 5.59. The van der Waals surface area contributed by atoms with Crippen molar-refractivity contribution in [3.63, 3.8) is 0 Å². The van der Waals surface area contributed by atoms with Crippen LogP contribution >= 0.6 is 11.3 Å². The van der Waals surface area contributed by atoms with E-state index in [1.165, 1.54) is 10.4 Å². The van der Waals surface area contributed by atoms with E-state index in [0.717, 1.165) is 5.75 Å². The fourth-order valence-electron chi connectivity index (χ4n) is 2.24. The van der Waals surface area contributed by atoms with E-state index in [9.17, 15) is 4.79 Å². The van der Waals surface area contributed by atoms with Gasteiger partial charge in [-0.15, -0.1) is 11.3 Å². The lowest BCUT2D eigenvalue weighted by Gasteiger charge is -2.23. The molecule has 1 aromatic heterocycles. The number of aryl methyl sites for hydroxylation is 1. The predicted octanol–water partition coefficient (Wildman–Crippen LogP) is 3.04. The van der Waals surface area contributed by atoms with Crippen LogP contribution in [0.4, 0.5) is 4.79 Å². The van der Waals surface area contributed by atoms with Gasteiger partial charge in [0.2, 0.25) is 0 Å². The molecular formula is C18H25N3O2S. The normalized spacial score (nSPS) is 12.0. The molecule has 1 atom stereocenters. The molecular weight excluding hydrogens is 322 g/mol. The lowest BCUT2D eigenvalue weighted by Crippen LogP contribution is -2.41. The number of urea groups is 1. The number of hydrogen-bond acceptors (Lipinski definition) is 4. The van der Waals surface area contributed by atoms with Gasteiger partial charge in [-0.25, -0.2) is 4.79 Å². The number of thiophene rings is 1. The molecule has 0 saturated heterocycles. The summed E-state index contributed by atoms with van der Waals surface area (Å²) in [5, 5.41) is 7.78. The smallest absolute Gasteiger partial charge is 0.314 e. The molecule has 1 unspecified atom stereocenters. The van der Waals surface area contributed by atoms with Crippen LogP contribution in [0.5, 0.6) is 5.75 Å². The van der Waals surface area contributed by atoms with Gasteiger partial charge in [0.25, 0.3) is 0 Å². The molecule has 5 nitrogen and oxygen atoms in total. The third-order valence-corrected chi connectivity index (χ3v) is 4.60. The van der Waals surface area contributed by atoms with Crippen LogP contribution in [0.2, 0.25) is 0 Å². The molecule has 2 rings (SSSR count). The molecule has 0 aliphatic heterocycles. The van der Waals surface area contributed by atoms with Gasteiger partial charge in [0.1, 0.15) is 12.4 Å². The maximum absolute atomic E-state index is 11.9. The molecule has 130 valence electrons. The average Bonchev–Trinajstić information content (AvgIpc) is 3.07. The summed E-state index contributed by atoms with van der Waals surface area (Å²) in [4.78, 5) is 15.2. The van der Waals surface area contributed by atoms with E-state index in [0.29, 0.717) is 19.7 Å². The standard InChI is InChI=1S/C18H25N3O2S/c1-14-6-8-15(9-7-14)23-11-10-19-18(22)20-13-16(21(2)3)17-5-4-12-24-17/h4-9,12,16H,10-11,13H2,1-3H3,(H2,19,20,22). The van der Waals surface area contributed by atoms with Crippen LogP contribution in [0.15, 0.2) is 41.8 Å². The zero-order chi connectivity index (χ0) is 17.4. The zero-order valence-corrected chi connectivity index (χ0v) is 15.2. The SMILES string of the molecule is Cc1ccc(OCCNC(=O)NCC(c2cccs2)N(C)C)cc1. The lowest BCUT2D eigenvalue weighted by atomic mass is 10.2. The number of nitrogens with one attached hydrogen (secondary N) is 2. The number of hydrogen-bond donors (Lipinski definition) is 2. The predicted molar refractivity (Wildman–Crippen MR) is 98.8 cm³/mol. The number of likely N-dealkylation sites (N-methyl/N-ethyl adjacent to an activating group) is 1. The van der Waals surface area contributed by atoms with E-state index < -0.39 is 0 Å². The summed E-state index contributed by atoms with van der Waals surface area (Å²) in [5.41, 5.74) is 1.20. The van der Waals surface area contributed by atoms with E-state index >= 15 is 0 Å². The second-order valence-corrected chi connectivity index (χ2v) is 6.77. The van der Waals surface area contributed by atoms with Crippen LogP contribution in [0.1, 0.15) is 16.5 Å².